The molecule has 0 aliphatic carbocycles. The van der Waals surface area contributed by atoms with Gasteiger partial charge in [-0.25, -0.2) is 0 Å². The number of amides is 1. The molecule has 0 aromatic heterocycles. The van der Waals surface area contributed by atoms with Gasteiger partial charge in [-0.1, -0.05) is 6.08 Å². The van der Waals surface area contributed by atoms with E-state index in [2.05, 4.69) is 5.32 Å². The molecule has 0 spiro atoms. The van der Waals surface area contributed by atoms with Gasteiger partial charge >= 0.3 is 0 Å². The second-order valence-corrected chi connectivity index (χ2v) is 4.65. The van der Waals surface area contributed by atoms with E-state index in [9.17, 15) is 14.7 Å². The average molecular weight is 242 g/mol. The molecular formula is C12H22N2O3. The first-order chi connectivity index (χ1) is 7.87. The number of rotatable bonds is 8. The first-order valence-corrected chi connectivity index (χ1v) is 5.80. The summed E-state index contributed by atoms with van der Waals surface area (Å²) in [6.07, 6.45) is 4.06. The van der Waals surface area contributed by atoms with Gasteiger partial charge in [0.15, 0.2) is 0 Å². The quantitative estimate of drug-likeness (QED) is 0.347. The zero-order chi connectivity index (χ0) is 13.3. The lowest BCUT2D eigenvalue weighted by atomic mass is 10.3. The van der Waals surface area contributed by atoms with Gasteiger partial charge in [-0.15, -0.1) is 0 Å². The molecule has 0 aromatic carbocycles. The number of carboxylic acids is 1. The van der Waals surface area contributed by atoms with Crippen LogP contribution in [0, 0.1) is 0 Å². The molecule has 1 amide bonds. The fourth-order valence-corrected chi connectivity index (χ4v) is 1.43. The normalized spacial score (nSPS) is 11.7. The number of nitrogens with zero attached hydrogens (tertiary/aromatic N) is 1. The number of carbonyl (C=O) groups excluding carboxylic acids is 2. The minimum Gasteiger partial charge on any atom is -0.550 e. The van der Waals surface area contributed by atoms with Crippen molar-refractivity contribution in [2.24, 2.45) is 0 Å². The molecule has 0 heterocycles. The summed E-state index contributed by atoms with van der Waals surface area (Å²) in [7, 11) is 3.94. The number of hydrogen-bond acceptors (Lipinski definition) is 3. The first-order valence-electron chi connectivity index (χ1n) is 5.80. The van der Waals surface area contributed by atoms with Gasteiger partial charge in [0.05, 0.1) is 27.2 Å². The Balaban J connectivity index is 3.72. The Labute approximate surface area is 103 Å². The van der Waals surface area contributed by atoms with E-state index in [1.165, 1.54) is 6.08 Å². The van der Waals surface area contributed by atoms with Crippen LogP contribution in [0.5, 0.6) is 0 Å². The van der Waals surface area contributed by atoms with Gasteiger partial charge in [0, 0.05) is 25.4 Å². The predicted molar refractivity (Wildman–Crippen MR) is 63.9 cm³/mol. The fourth-order valence-electron chi connectivity index (χ4n) is 1.43. The van der Waals surface area contributed by atoms with E-state index in [0.717, 1.165) is 13.0 Å². The van der Waals surface area contributed by atoms with E-state index in [1.807, 2.05) is 14.1 Å². The topological polar surface area (TPSA) is 69.2 Å². The maximum Gasteiger partial charge on any atom is 0.243 e. The van der Waals surface area contributed by atoms with Crippen molar-refractivity contribution in [3.8, 4) is 0 Å². The molecule has 0 rings (SSSR count). The highest BCUT2D eigenvalue weighted by molar-refractivity contribution is 5.87. The van der Waals surface area contributed by atoms with E-state index in [4.69, 9.17) is 0 Å². The fraction of sp³-hybridized carbons (Fsp3) is 0.667. The van der Waals surface area contributed by atoms with E-state index >= 15 is 0 Å². The summed E-state index contributed by atoms with van der Waals surface area (Å²) in [5, 5.41) is 13.1. The maximum absolute atomic E-state index is 11.1. The van der Waals surface area contributed by atoms with Crippen molar-refractivity contribution >= 4 is 11.9 Å². The standard InChI is InChI=1S/C12H22N2O3/c1-4-6-11(15)13-8-5-9-14(2,3)10-7-12(16)17/h4,6H,5,7-10H2,1-3H3,(H-,13,15,16,17). The summed E-state index contributed by atoms with van der Waals surface area (Å²) in [6, 6.07) is 0. The summed E-state index contributed by atoms with van der Waals surface area (Å²) >= 11 is 0. The summed E-state index contributed by atoms with van der Waals surface area (Å²) in [5.41, 5.74) is 0. The molecule has 0 fully saturated rings. The molecule has 0 aromatic rings. The maximum atomic E-state index is 11.1. The van der Waals surface area contributed by atoms with Crippen molar-refractivity contribution in [3.63, 3.8) is 0 Å². The zero-order valence-corrected chi connectivity index (χ0v) is 10.9. The van der Waals surface area contributed by atoms with Gasteiger partial charge in [0.25, 0.3) is 0 Å². The molecule has 5 nitrogen and oxygen atoms in total. The van der Waals surface area contributed by atoms with Gasteiger partial charge < -0.3 is 19.7 Å². The Bertz CT molecular complexity index is 285. The molecule has 0 bridgehead atoms. The Morgan fingerprint density at radius 3 is 2.47 bits per heavy atom. The van der Waals surface area contributed by atoms with E-state index in [1.54, 1.807) is 13.0 Å². The number of quaternary nitrogens is 1. The highest BCUT2D eigenvalue weighted by Gasteiger charge is 2.13. The Morgan fingerprint density at radius 1 is 1.29 bits per heavy atom. The van der Waals surface area contributed by atoms with Crippen LogP contribution in [-0.2, 0) is 9.59 Å². The molecule has 0 atom stereocenters. The summed E-state index contributed by atoms with van der Waals surface area (Å²) in [5.74, 6) is -1.11. The Morgan fingerprint density at radius 2 is 1.94 bits per heavy atom. The van der Waals surface area contributed by atoms with E-state index in [-0.39, 0.29) is 12.3 Å². The predicted octanol–water partition coefficient (Wildman–Crippen LogP) is -0.715. The van der Waals surface area contributed by atoms with Crippen LogP contribution in [0.4, 0.5) is 0 Å². The Hall–Kier alpha value is -1.36. The molecule has 0 radical (unpaired) electrons. The van der Waals surface area contributed by atoms with Crippen molar-refractivity contribution in [1.29, 1.82) is 0 Å². The molecule has 0 unspecified atom stereocenters. The molecule has 0 aliphatic rings. The van der Waals surface area contributed by atoms with Crippen molar-refractivity contribution in [3.05, 3.63) is 12.2 Å². The van der Waals surface area contributed by atoms with Crippen LogP contribution in [0.25, 0.3) is 0 Å². The summed E-state index contributed by atoms with van der Waals surface area (Å²) in [4.78, 5) is 21.4. The zero-order valence-electron chi connectivity index (χ0n) is 10.9. The van der Waals surface area contributed by atoms with E-state index in [0.29, 0.717) is 17.6 Å². The van der Waals surface area contributed by atoms with Gasteiger partial charge in [-0.3, -0.25) is 4.79 Å². The third-order valence-electron chi connectivity index (χ3n) is 2.48. The molecule has 0 saturated heterocycles. The lowest BCUT2D eigenvalue weighted by Gasteiger charge is -2.30. The monoisotopic (exact) mass is 242 g/mol. The van der Waals surface area contributed by atoms with Gasteiger partial charge in [-0.2, -0.15) is 0 Å². The smallest absolute Gasteiger partial charge is 0.243 e. The number of nitrogens with one attached hydrogen (secondary N) is 1. The number of hydrogen-bond donors (Lipinski definition) is 1. The molecule has 1 N–H and O–H groups in total. The molecule has 17 heavy (non-hydrogen) atoms. The number of allylic oxidation sites excluding steroid dienone is 1. The minimum atomic E-state index is -1.02. The number of aliphatic carboxylic acids is 1. The lowest BCUT2D eigenvalue weighted by Crippen LogP contribution is -2.44. The minimum absolute atomic E-state index is 0.0674. The van der Waals surface area contributed by atoms with Gasteiger partial charge in [0.1, 0.15) is 0 Å². The van der Waals surface area contributed by atoms with Crippen molar-refractivity contribution in [2.45, 2.75) is 19.8 Å². The first kappa shape index (κ1) is 15.6. The number of carbonyl (C=O) groups is 2. The number of carboxylic acid groups (broad SMARTS) is 1. The Kier molecular flexibility index (Phi) is 7.21. The van der Waals surface area contributed by atoms with Crippen LogP contribution in [0.15, 0.2) is 12.2 Å². The van der Waals surface area contributed by atoms with Crippen LogP contribution in [-0.4, -0.2) is 50.1 Å². The van der Waals surface area contributed by atoms with Crippen LogP contribution < -0.4 is 10.4 Å². The summed E-state index contributed by atoms with van der Waals surface area (Å²) < 4.78 is 0.619. The van der Waals surface area contributed by atoms with Crippen molar-refractivity contribution in [2.75, 3.05) is 33.7 Å². The van der Waals surface area contributed by atoms with Crippen LogP contribution >= 0.6 is 0 Å². The van der Waals surface area contributed by atoms with Gasteiger partial charge in [-0.05, 0) is 13.0 Å². The van der Waals surface area contributed by atoms with E-state index < -0.39 is 5.97 Å². The second-order valence-electron chi connectivity index (χ2n) is 4.65. The van der Waals surface area contributed by atoms with Crippen LogP contribution in [0.2, 0.25) is 0 Å². The molecule has 98 valence electrons. The molecule has 5 heteroatoms. The SMILES string of the molecule is CC=CC(=O)NCCC[N+](C)(C)CCC(=O)[O-]. The molecular weight excluding hydrogens is 220 g/mol. The third-order valence-corrected chi connectivity index (χ3v) is 2.48. The highest BCUT2D eigenvalue weighted by atomic mass is 16.4. The molecule has 0 saturated carbocycles. The largest absolute Gasteiger partial charge is 0.550 e. The summed E-state index contributed by atoms with van der Waals surface area (Å²) in [6.45, 7) is 3.77. The highest BCUT2D eigenvalue weighted by Crippen LogP contribution is 2.00. The van der Waals surface area contributed by atoms with Crippen molar-refractivity contribution in [1.82, 2.24) is 5.32 Å². The van der Waals surface area contributed by atoms with Crippen molar-refractivity contribution < 1.29 is 19.2 Å². The van der Waals surface area contributed by atoms with Crippen LogP contribution in [0.1, 0.15) is 19.8 Å². The van der Waals surface area contributed by atoms with Gasteiger partial charge in [0.2, 0.25) is 5.91 Å². The third kappa shape index (κ3) is 9.56. The average Bonchev–Trinajstić information content (AvgIpc) is 2.22. The second kappa shape index (κ2) is 7.84. The van der Waals surface area contributed by atoms with Crippen LogP contribution in [0.3, 0.4) is 0 Å². The lowest BCUT2D eigenvalue weighted by molar-refractivity contribution is -0.890. The molecule has 0 aliphatic heterocycles.